The van der Waals surface area contributed by atoms with Gasteiger partial charge in [-0.2, -0.15) is 0 Å². The van der Waals surface area contributed by atoms with Crippen molar-refractivity contribution >= 4 is 0 Å². The molecule has 4 heteroatoms. The van der Waals surface area contributed by atoms with Gasteiger partial charge in [-0.1, -0.05) is 32.3 Å². The molecule has 0 amide bonds. The van der Waals surface area contributed by atoms with Gasteiger partial charge in [-0.25, -0.2) is 0 Å². The maximum absolute atomic E-state index is 8.74. The molecule has 1 aromatic carbocycles. The lowest BCUT2D eigenvalue weighted by Gasteiger charge is -2.12. The minimum Gasteiger partial charge on any atom is -0.493 e. The third kappa shape index (κ3) is 7.34. The van der Waals surface area contributed by atoms with Crippen molar-refractivity contribution in [2.75, 3.05) is 26.9 Å². The van der Waals surface area contributed by atoms with Gasteiger partial charge in [-0.05, 0) is 37.1 Å². The van der Waals surface area contributed by atoms with Crippen molar-refractivity contribution in [2.45, 2.75) is 45.6 Å². The van der Waals surface area contributed by atoms with E-state index in [-0.39, 0.29) is 6.61 Å². The van der Waals surface area contributed by atoms with Gasteiger partial charge in [0.25, 0.3) is 0 Å². The zero-order chi connectivity index (χ0) is 15.3. The normalized spacial score (nSPS) is 10.6. The maximum Gasteiger partial charge on any atom is 0.161 e. The average Bonchev–Trinajstić information content (AvgIpc) is 2.52. The van der Waals surface area contributed by atoms with Crippen LogP contribution in [0, 0.1) is 0 Å². The Kier molecular flexibility index (Phi) is 9.66. The molecule has 0 radical (unpaired) electrons. The Bertz CT molecular complexity index is 382. The Morgan fingerprint density at radius 2 is 1.95 bits per heavy atom. The molecule has 0 fully saturated rings. The summed E-state index contributed by atoms with van der Waals surface area (Å²) >= 11 is 0. The van der Waals surface area contributed by atoms with Crippen molar-refractivity contribution in [2.24, 2.45) is 0 Å². The fourth-order valence-corrected chi connectivity index (χ4v) is 2.09. The molecule has 0 spiro atoms. The van der Waals surface area contributed by atoms with Crippen LogP contribution in [-0.2, 0) is 6.54 Å². The summed E-state index contributed by atoms with van der Waals surface area (Å²) in [6.07, 6.45) is 5.57. The third-order valence-electron chi connectivity index (χ3n) is 3.32. The van der Waals surface area contributed by atoms with Crippen LogP contribution in [0.3, 0.4) is 0 Å². The number of hydrogen-bond acceptors (Lipinski definition) is 4. The molecule has 1 rings (SSSR count). The Balaban J connectivity index is 2.42. The Labute approximate surface area is 128 Å². The van der Waals surface area contributed by atoms with Gasteiger partial charge in [0.2, 0.25) is 0 Å². The smallest absolute Gasteiger partial charge is 0.161 e. The van der Waals surface area contributed by atoms with E-state index in [1.807, 2.05) is 12.1 Å². The van der Waals surface area contributed by atoms with Crippen molar-refractivity contribution in [3.8, 4) is 11.5 Å². The summed E-state index contributed by atoms with van der Waals surface area (Å²) in [4.78, 5) is 0. The van der Waals surface area contributed by atoms with Crippen molar-refractivity contribution in [1.82, 2.24) is 5.32 Å². The molecule has 4 nitrogen and oxygen atoms in total. The number of benzene rings is 1. The zero-order valence-electron chi connectivity index (χ0n) is 13.4. The predicted octanol–water partition coefficient (Wildman–Crippen LogP) is 3.13. The predicted molar refractivity (Wildman–Crippen MR) is 86.0 cm³/mol. The Hall–Kier alpha value is -1.26. The van der Waals surface area contributed by atoms with Crippen molar-refractivity contribution in [3.63, 3.8) is 0 Å². The van der Waals surface area contributed by atoms with E-state index >= 15 is 0 Å². The quantitative estimate of drug-likeness (QED) is 0.582. The van der Waals surface area contributed by atoms with Crippen LogP contribution in [0.15, 0.2) is 18.2 Å². The van der Waals surface area contributed by atoms with Gasteiger partial charge in [0.05, 0.1) is 13.7 Å². The van der Waals surface area contributed by atoms with Gasteiger partial charge in [0.15, 0.2) is 11.5 Å². The number of nitrogens with one attached hydrogen (secondary N) is 1. The summed E-state index contributed by atoms with van der Waals surface area (Å²) in [5, 5.41) is 12.0. The standard InChI is InChI=1S/C17H29NO3/c1-3-4-5-6-12-21-16-9-8-15(13-17(16)20-2)14-18-10-7-11-19/h8-9,13,18-19H,3-7,10-12,14H2,1-2H3. The van der Waals surface area contributed by atoms with E-state index < -0.39 is 0 Å². The lowest BCUT2D eigenvalue weighted by molar-refractivity contribution is 0.284. The van der Waals surface area contributed by atoms with Crippen LogP contribution < -0.4 is 14.8 Å². The molecule has 0 saturated carbocycles. The van der Waals surface area contributed by atoms with Gasteiger partial charge in [0.1, 0.15) is 0 Å². The van der Waals surface area contributed by atoms with Crippen LogP contribution in [0.5, 0.6) is 11.5 Å². The topological polar surface area (TPSA) is 50.7 Å². The lowest BCUT2D eigenvalue weighted by Crippen LogP contribution is -2.15. The summed E-state index contributed by atoms with van der Waals surface area (Å²) in [6, 6.07) is 6.03. The number of aliphatic hydroxyl groups is 1. The molecular weight excluding hydrogens is 266 g/mol. The highest BCUT2D eigenvalue weighted by Gasteiger charge is 2.05. The summed E-state index contributed by atoms with van der Waals surface area (Å²) in [7, 11) is 1.67. The molecule has 2 N–H and O–H groups in total. The maximum atomic E-state index is 8.74. The SMILES string of the molecule is CCCCCCOc1ccc(CNCCCO)cc1OC. The van der Waals surface area contributed by atoms with Gasteiger partial charge < -0.3 is 19.9 Å². The average molecular weight is 295 g/mol. The Morgan fingerprint density at radius 1 is 1.10 bits per heavy atom. The first-order chi connectivity index (χ1) is 10.3. The van der Waals surface area contributed by atoms with E-state index in [1.165, 1.54) is 19.3 Å². The van der Waals surface area contributed by atoms with Crippen molar-refractivity contribution in [1.29, 1.82) is 0 Å². The third-order valence-corrected chi connectivity index (χ3v) is 3.32. The second kappa shape index (κ2) is 11.4. The molecule has 0 unspecified atom stereocenters. The number of methoxy groups -OCH3 is 1. The molecule has 0 aromatic heterocycles. The number of aliphatic hydroxyl groups excluding tert-OH is 1. The molecule has 0 aliphatic heterocycles. The molecule has 0 bridgehead atoms. The van der Waals surface area contributed by atoms with Crippen molar-refractivity contribution < 1.29 is 14.6 Å². The first-order valence-corrected chi connectivity index (χ1v) is 7.93. The highest BCUT2D eigenvalue weighted by molar-refractivity contribution is 5.42. The van der Waals surface area contributed by atoms with Gasteiger partial charge in [-0.3, -0.25) is 0 Å². The highest BCUT2D eigenvalue weighted by Crippen LogP contribution is 2.28. The number of hydrogen-bond donors (Lipinski definition) is 2. The van der Waals surface area contributed by atoms with Crippen LogP contribution in [0.2, 0.25) is 0 Å². The number of ether oxygens (including phenoxy) is 2. The van der Waals surface area contributed by atoms with E-state index in [2.05, 4.69) is 18.3 Å². The Morgan fingerprint density at radius 3 is 2.67 bits per heavy atom. The van der Waals surface area contributed by atoms with Crippen LogP contribution >= 0.6 is 0 Å². The summed E-state index contributed by atoms with van der Waals surface area (Å²) in [5.41, 5.74) is 1.16. The second-order valence-electron chi connectivity index (χ2n) is 5.15. The second-order valence-corrected chi connectivity index (χ2v) is 5.15. The van der Waals surface area contributed by atoms with E-state index in [4.69, 9.17) is 14.6 Å². The van der Waals surface area contributed by atoms with Crippen LogP contribution in [0.4, 0.5) is 0 Å². The zero-order valence-corrected chi connectivity index (χ0v) is 13.4. The minimum atomic E-state index is 0.223. The minimum absolute atomic E-state index is 0.223. The van der Waals surface area contributed by atoms with E-state index in [1.54, 1.807) is 7.11 Å². The molecule has 0 aliphatic carbocycles. The van der Waals surface area contributed by atoms with E-state index in [9.17, 15) is 0 Å². The lowest BCUT2D eigenvalue weighted by atomic mass is 10.2. The summed E-state index contributed by atoms with van der Waals surface area (Å²) < 4.78 is 11.2. The molecule has 0 saturated heterocycles. The van der Waals surface area contributed by atoms with Gasteiger partial charge >= 0.3 is 0 Å². The van der Waals surface area contributed by atoms with E-state index in [0.29, 0.717) is 0 Å². The largest absolute Gasteiger partial charge is 0.493 e. The highest BCUT2D eigenvalue weighted by atomic mass is 16.5. The van der Waals surface area contributed by atoms with Crippen LogP contribution in [-0.4, -0.2) is 32.0 Å². The molecule has 0 aliphatic rings. The summed E-state index contributed by atoms with van der Waals surface area (Å²) in [5.74, 6) is 1.60. The molecule has 21 heavy (non-hydrogen) atoms. The fourth-order valence-electron chi connectivity index (χ4n) is 2.09. The van der Waals surface area contributed by atoms with Crippen LogP contribution in [0.25, 0.3) is 0 Å². The number of unbranched alkanes of at least 4 members (excludes halogenated alkanes) is 3. The molecular formula is C17H29NO3. The van der Waals surface area contributed by atoms with Gasteiger partial charge in [-0.15, -0.1) is 0 Å². The number of rotatable bonds is 12. The monoisotopic (exact) mass is 295 g/mol. The molecule has 0 atom stereocenters. The molecule has 1 aromatic rings. The summed E-state index contributed by atoms with van der Waals surface area (Å²) in [6.45, 7) is 4.75. The van der Waals surface area contributed by atoms with Crippen LogP contribution in [0.1, 0.15) is 44.6 Å². The van der Waals surface area contributed by atoms with Gasteiger partial charge in [0, 0.05) is 13.2 Å². The van der Waals surface area contributed by atoms with E-state index in [0.717, 1.165) is 49.6 Å². The first-order valence-electron chi connectivity index (χ1n) is 7.93. The molecule has 120 valence electrons. The van der Waals surface area contributed by atoms with Crippen molar-refractivity contribution in [3.05, 3.63) is 23.8 Å². The first kappa shape index (κ1) is 17.8. The molecule has 0 heterocycles. The fraction of sp³-hybridized carbons (Fsp3) is 0.647.